The van der Waals surface area contributed by atoms with Gasteiger partial charge in [-0.05, 0) is 58.1 Å². The second-order valence-electron chi connectivity index (χ2n) is 5.82. The predicted molar refractivity (Wildman–Crippen MR) is 73.7 cm³/mol. The Bertz CT molecular complexity index is 382. The van der Waals surface area contributed by atoms with E-state index in [0.717, 1.165) is 12.0 Å². The van der Waals surface area contributed by atoms with Gasteiger partial charge in [0.15, 0.2) is 5.78 Å². The summed E-state index contributed by atoms with van der Waals surface area (Å²) in [5, 5.41) is 19.3. The first-order valence-electron chi connectivity index (χ1n) is 6.67. The molecular weight excluding hydrogens is 244 g/mol. The number of rotatable bonds is 6. The fourth-order valence-electron chi connectivity index (χ4n) is 2.53. The van der Waals surface area contributed by atoms with Crippen LogP contribution in [-0.2, 0) is 9.68 Å². The molecule has 0 saturated carbocycles. The summed E-state index contributed by atoms with van der Waals surface area (Å²) in [4.78, 5) is 16.3. The number of hydrogen-bond acceptors (Lipinski definition) is 4. The molecule has 0 aromatic rings. The minimum absolute atomic E-state index is 0.00876. The summed E-state index contributed by atoms with van der Waals surface area (Å²) in [7, 11) is 0. The Morgan fingerprint density at radius 2 is 2.32 bits per heavy atom. The summed E-state index contributed by atoms with van der Waals surface area (Å²) >= 11 is 0. The van der Waals surface area contributed by atoms with Crippen LogP contribution in [0.25, 0.3) is 0 Å². The van der Waals surface area contributed by atoms with Crippen molar-refractivity contribution in [1.29, 1.82) is 0 Å². The van der Waals surface area contributed by atoms with E-state index in [0.29, 0.717) is 24.8 Å². The molecule has 4 heteroatoms. The molecule has 4 nitrogen and oxygen atoms in total. The minimum atomic E-state index is -1.08. The second kappa shape index (κ2) is 6.46. The van der Waals surface area contributed by atoms with Crippen LogP contribution in [-0.4, -0.2) is 27.9 Å². The Hall–Kier alpha value is -0.970. The second-order valence-corrected chi connectivity index (χ2v) is 5.82. The van der Waals surface area contributed by atoms with Crippen molar-refractivity contribution < 1.29 is 20.0 Å². The number of hydrogen-bond donors (Lipinski definition) is 2. The lowest BCUT2D eigenvalue weighted by Gasteiger charge is -2.34. The van der Waals surface area contributed by atoms with Gasteiger partial charge in [0.05, 0.1) is 11.5 Å². The molecular formula is C15H24O4. The first kappa shape index (κ1) is 16.1. The van der Waals surface area contributed by atoms with Crippen molar-refractivity contribution in [3.05, 3.63) is 23.8 Å². The van der Waals surface area contributed by atoms with Crippen LogP contribution in [0, 0.1) is 5.92 Å². The molecule has 0 amide bonds. The van der Waals surface area contributed by atoms with Crippen molar-refractivity contribution >= 4 is 5.78 Å². The smallest absolute Gasteiger partial charge is 0.161 e. The quantitative estimate of drug-likeness (QED) is 0.441. The molecule has 0 fully saturated rings. The largest absolute Gasteiger partial charge is 0.389 e. The normalized spacial score (nSPS) is 24.6. The molecule has 2 N–H and O–H groups in total. The maximum Gasteiger partial charge on any atom is 0.161 e. The van der Waals surface area contributed by atoms with E-state index in [9.17, 15) is 9.90 Å². The van der Waals surface area contributed by atoms with Gasteiger partial charge in [0, 0.05) is 0 Å². The van der Waals surface area contributed by atoms with E-state index in [-0.39, 0.29) is 11.7 Å². The van der Waals surface area contributed by atoms with Gasteiger partial charge in [0.25, 0.3) is 0 Å². The molecule has 19 heavy (non-hydrogen) atoms. The molecule has 0 spiro atoms. The van der Waals surface area contributed by atoms with Gasteiger partial charge in [-0.3, -0.25) is 10.1 Å². The molecule has 0 unspecified atom stereocenters. The Morgan fingerprint density at radius 3 is 2.79 bits per heavy atom. The van der Waals surface area contributed by atoms with Crippen molar-refractivity contribution in [1.82, 2.24) is 0 Å². The Kier molecular flexibility index (Phi) is 5.47. The molecule has 0 aromatic heterocycles. The zero-order valence-corrected chi connectivity index (χ0v) is 12.0. The minimum Gasteiger partial charge on any atom is -0.389 e. The first-order valence-corrected chi connectivity index (χ1v) is 6.67. The van der Waals surface area contributed by atoms with E-state index in [2.05, 4.69) is 11.5 Å². The molecule has 1 aliphatic carbocycles. The fraction of sp³-hybridized carbons (Fsp3) is 0.667. The van der Waals surface area contributed by atoms with Gasteiger partial charge in [0.1, 0.15) is 6.10 Å². The molecule has 0 aliphatic heterocycles. The van der Waals surface area contributed by atoms with E-state index in [1.165, 1.54) is 0 Å². The monoisotopic (exact) mass is 268 g/mol. The molecule has 0 saturated heterocycles. The standard InChI is InChI=1S/C15H24O4/c1-10(2)14(19-18)7-8-15(4,17)12-6-5-11(3)9-13(12)16/h9,12,14,17-18H,1,5-8H2,2-4H3/t12-,14+,15-/m0/s1. The van der Waals surface area contributed by atoms with Crippen molar-refractivity contribution in [2.75, 3.05) is 0 Å². The van der Waals surface area contributed by atoms with E-state index in [1.54, 1.807) is 19.9 Å². The van der Waals surface area contributed by atoms with E-state index >= 15 is 0 Å². The van der Waals surface area contributed by atoms with Gasteiger partial charge < -0.3 is 5.11 Å². The lowest BCUT2D eigenvalue weighted by Crippen LogP contribution is -2.41. The molecule has 1 aliphatic rings. The Morgan fingerprint density at radius 1 is 1.68 bits per heavy atom. The van der Waals surface area contributed by atoms with Crippen LogP contribution in [0.5, 0.6) is 0 Å². The van der Waals surface area contributed by atoms with Gasteiger partial charge in [-0.2, -0.15) is 0 Å². The molecule has 108 valence electrons. The van der Waals surface area contributed by atoms with Crippen molar-refractivity contribution in [3.63, 3.8) is 0 Å². The van der Waals surface area contributed by atoms with Crippen molar-refractivity contribution in [2.24, 2.45) is 5.92 Å². The average Bonchev–Trinajstić information content (AvgIpc) is 2.28. The summed E-state index contributed by atoms with van der Waals surface area (Å²) < 4.78 is 0. The highest BCUT2D eigenvalue weighted by Crippen LogP contribution is 2.33. The summed E-state index contributed by atoms with van der Waals surface area (Å²) in [6, 6.07) is 0. The maximum atomic E-state index is 12.0. The van der Waals surface area contributed by atoms with Crippen molar-refractivity contribution in [3.8, 4) is 0 Å². The number of ketones is 1. The van der Waals surface area contributed by atoms with Crippen LogP contribution in [0.15, 0.2) is 23.8 Å². The number of aliphatic hydroxyl groups is 1. The van der Waals surface area contributed by atoms with Gasteiger partial charge >= 0.3 is 0 Å². The molecule has 3 atom stereocenters. The van der Waals surface area contributed by atoms with Crippen LogP contribution in [0.3, 0.4) is 0 Å². The maximum absolute atomic E-state index is 12.0. The van der Waals surface area contributed by atoms with Crippen LogP contribution in [0.2, 0.25) is 0 Å². The van der Waals surface area contributed by atoms with Crippen LogP contribution >= 0.6 is 0 Å². The van der Waals surface area contributed by atoms with E-state index < -0.39 is 11.7 Å². The van der Waals surface area contributed by atoms with E-state index in [1.807, 2.05) is 6.92 Å². The highest BCUT2D eigenvalue weighted by molar-refractivity contribution is 5.94. The van der Waals surface area contributed by atoms with Crippen LogP contribution in [0.4, 0.5) is 0 Å². The number of allylic oxidation sites excluding steroid dienone is 2. The lowest BCUT2D eigenvalue weighted by molar-refractivity contribution is -0.271. The van der Waals surface area contributed by atoms with Gasteiger partial charge in [-0.25, -0.2) is 4.89 Å². The summed E-state index contributed by atoms with van der Waals surface area (Å²) in [5.41, 5.74) is 0.681. The average molecular weight is 268 g/mol. The third kappa shape index (κ3) is 4.27. The summed E-state index contributed by atoms with van der Waals surface area (Å²) in [6.07, 6.45) is 3.46. The molecule has 0 heterocycles. The molecule has 0 bridgehead atoms. The van der Waals surface area contributed by atoms with Gasteiger partial charge in [-0.1, -0.05) is 12.2 Å². The fourth-order valence-corrected chi connectivity index (χ4v) is 2.53. The third-order valence-corrected chi connectivity index (χ3v) is 3.90. The Balaban J connectivity index is 2.66. The molecule has 1 rings (SSSR count). The molecule has 0 aromatic carbocycles. The summed E-state index contributed by atoms with van der Waals surface area (Å²) in [5.74, 6) is -0.383. The lowest BCUT2D eigenvalue weighted by atomic mass is 9.75. The Labute approximate surface area is 114 Å². The van der Waals surface area contributed by atoms with Gasteiger partial charge in [-0.15, -0.1) is 0 Å². The topological polar surface area (TPSA) is 66.8 Å². The zero-order chi connectivity index (χ0) is 14.6. The zero-order valence-electron chi connectivity index (χ0n) is 12.0. The predicted octanol–water partition coefficient (Wildman–Crippen LogP) is 2.88. The molecule has 0 radical (unpaired) electrons. The SMILES string of the molecule is C=C(C)[C@@H](CC[C@](C)(O)[C@H]1CCC(C)=CC1=O)OO. The highest BCUT2D eigenvalue weighted by Gasteiger charge is 2.37. The third-order valence-electron chi connectivity index (χ3n) is 3.90. The number of carbonyl (C=O) groups excluding carboxylic acids is 1. The van der Waals surface area contributed by atoms with Crippen LogP contribution < -0.4 is 0 Å². The number of carbonyl (C=O) groups is 1. The van der Waals surface area contributed by atoms with Crippen molar-refractivity contribution in [2.45, 2.75) is 58.2 Å². The van der Waals surface area contributed by atoms with Gasteiger partial charge in [0.2, 0.25) is 0 Å². The highest BCUT2D eigenvalue weighted by atomic mass is 17.1. The summed E-state index contributed by atoms with van der Waals surface area (Å²) in [6.45, 7) is 9.09. The van der Waals surface area contributed by atoms with Crippen LogP contribution in [0.1, 0.15) is 46.5 Å². The van der Waals surface area contributed by atoms with E-state index in [4.69, 9.17) is 5.26 Å². The first-order chi connectivity index (χ1) is 8.77.